The molecule has 4 heterocycles. The van der Waals surface area contributed by atoms with Crippen LogP contribution in [0.1, 0.15) is 24.1 Å². The molecule has 0 fully saturated rings. The molecule has 5 heteroatoms. The number of benzene rings is 6. The van der Waals surface area contributed by atoms with Crippen LogP contribution in [0.2, 0.25) is 0 Å². The van der Waals surface area contributed by atoms with Gasteiger partial charge in [-0.1, -0.05) is 96.1 Å². The molecule has 11 rings (SSSR count). The molecule has 2 aromatic heterocycles. The maximum absolute atomic E-state index is 6.44. The minimum atomic E-state index is 0.162. The van der Waals surface area contributed by atoms with Crippen LogP contribution in [0.25, 0.3) is 38.5 Å². The summed E-state index contributed by atoms with van der Waals surface area (Å²) in [7, 11) is 0. The van der Waals surface area contributed by atoms with Crippen LogP contribution in [-0.2, 0) is 12.8 Å². The molecular weight excluding hydrogens is 591 g/mol. The van der Waals surface area contributed by atoms with Crippen LogP contribution < -0.4 is 21.3 Å². The Morgan fingerprint density at radius 3 is 2.30 bits per heavy atom. The third-order valence-corrected chi connectivity index (χ3v) is 11.8. The van der Waals surface area contributed by atoms with Gasteiger partial charge in [-0.15, -0.1) is 0 Å². The summed E-state index contributed by atoms with van der Waals surface area (Å²) in [6.45, 7) is 0.162. The van der Waals surface area contributed by atoms with E-state index >= 15 is 0 Å². The maximum atomic E-state index is 6.44. The molecule has 0 atom stereocenters. The molecule has 6 aromatic carbocycles. The van der Waals surface area contributed by atoms with Crippen LogP contribution in [-0.4, -0.2) is 11.3 Å². The van der Waals surface area contributed by atoms with Crippen molar-refractivity contribution in [1.29, 1.82) is 0 Å². The second-order valence-corrected chi connectivity index (χ2v) is 14.2. The van der Waals surface area contributed by atoms with Crippen molar-refractivity contribution in [3.8, 4) is 5.69 Å². The smallest absolute Gasteiger partial charge is 0.249 e. The van der Waals surface area contributed by atoms with Crippen molar-refractivity contribution >= 4 is 84.8 Å². The number of furan rings is 1. The van der Waals surface area contributed by atoms with E-state index < -0.39 is 0 Å². The van der Waals surface area contributed by atoms with Crippen molar-refractivity contribution in [1.82, 2.24) is 4.57 Å². The Bertz CT molecular complexity index is 2600. The number of aromatic nitrogens is 1. The van der Waals surface area contributed by atoms with Gasteiger partial charge in [-0.2, -0.15) is 0 Å². The minimum Gasteiger partial charge on any atom is -0.456 e. The van der Waals surface area contributed by atoms with Crippen LogP contribution in [0.3, 0.4) is 0 Å². The van der Waals surface area contributed by atoms with Gasteiger partial charge in [0.05, 0.1) is 16.6 Å². The van der Waals surface area contributed by atoms with Crippen molar-refractivity contribution in [2.24, 2.45) is 0 Å². The molecule has 0 bridgehead atoms. The highest BCUT2D eigenvalue weighted by atomic mass is 32.2. The van der Waals surface area contributed by atoms with Crippen molar-refractivity contribution < 1.29 is 4.42 Å². The molecule has 8 aromatic rings. The average Bonchev–Trinajstić information content (AvgIpc) is 3.67. The van der Waals surface area contributed by atoms with Gasteiger partial charge in [0.25, 0.3) is 0 Å². The predicted octanol–water partition coefficient (Wildman–Crippen LogP) is 9.17. The lowest BCUT2D eigenvalue weighted by Crippen LogP contribution is -2.59. The topological polar surface area (TPSA) is 21.3 Å². The number of nitrogens with zero attached hydrogens (tertiary/aromatic N) is 2. The van der Waals surface area contributed by atoms with Crippen LogP contribution in [0.5, 0.6) is 0 Å². The zero-order chi connectivity index (χ0) is 30.6. The number of anilines is 3. The zero-order valence-electron chi connectivity index (χ0n) is 25.7. The number of para-hydroxylation sites is 3. The minimum absolute atomic E-state index is 0.162. The van der Waals surface area contributed by atoms with Crippen molar-refractivity contribution in [3.05, 3.63) is 139 Å². The third kappa shape index (κ3) is 3.55. The molecule has 222 valence electrons. The van der Waals surface area contributed by atoms with E-state index in [9.17, 15) is 0 Å². The summed E-state index contributed by atoms with van der Waals surface area (Å²) in [6.07, 6.45) is 4.76. The second-order valence-electron chi connectivity index (χ2n) is 13.1. The Morgan fingerprint density at radius 1 is 0.596 bits per heavy atom. The van der Waals surface area contributed by atoms with E-state index in [-0.39, 0.29) is 6.71 Å². The van der Waals surface area contributed by atoms with Gasteiger partial charge < -0.3 is 13.9 Å². The van der Waals surface area contributed by atoms with E-state index in [0.29, 0.717) is 0 Å². The number of hydrogen-bond donors (Lipinski definition) is 0. The first kappa shape index (κ1) is 26.0. The van der Waals surface area contributed by atoms with E-state index in [2.05, 4.69) is 137 Å². The van der Waals surface area contributed by atoms with Crippen molar-refractivity contribution in [2.45, 2.75) is 35.5 Å². The molecule has 0 radical (unpaired) electrons. The lowest BCUT2D eigenvalue weighted by atomic mass is 9.35. The van der Waals surface area contributed by atoms with Crippen molar-refractivity contribution in [3.63, 3.8) is 0 Å². The quantitative estimate of drug-likeness (QED) is 0.180. The van der Waals surface area contributed by atoms with Crippen LogP contribution in [0, 0.1) is 0 Å². The highest BCUT2D eigenvalue weighted by Crippen LogP contribution is 2.47. The van der Waals surface area contributed by atoms with E-state index in [1.165, 1.54) is 78.2 Å². The first-order chi connectivity index (χ1) is 23.3. The Morgan fingerprint density at radius 2 is 1.34 bits per heavy atom. The summed E-state index contributed by atoms with van der Waals surface area (Å²) in [5, 5.41) is 3.71. The first-order valence-electron chi connectivity index (χ1n) is 16.7. The fourth-order valence-electron chi connectivity index (χ4n) is 8.75. The summed E-state index contributed by atoms with van der Waals surface area (Å²) in [5.74, 6) is 0. The maximum Gasteiger partial charge on any atom is 0.249 e. The molecule has 3 aliphatic rings. The SMILES string of the molecule is c1ccc2c(c1)Sc1cc(-n3c4c(c5ccccc53)CCCC4)cc3c1B2c1ccccc1N3c1cccc2oc3ccccc3c12. The number of rotatable bonds is 2. The fourth-order valence-corrected chi connectivity index (χ4v) is 9.95. The average molecular weight is 621 g/mol. The fraction of sp³-hybridized carbons (Fsp3) is 0.0952. The van der Waals surface area contributed by atoms with Gasteiger partial charge in [-0.05, 0) is 90.7 Å². The summed E-state index contributed by atoms with van der Waals surface area (Å²) >= 11 is 1.93. The van der Waals surface area contributed by atoms with Gasteiger partial charge in [-0.25, -0.2) is 0 Å². The van der Waals surface area contributed by atoms with Gasteiger partial charge in [0, 0.05) is 43.3 Å². The van der Waals surface area contributed by atoms with E-state index in [1.54, 1.807) is 0 Å². The Balaban J connectivity index is 1.27. The first-order valence-corrected chi connectivity index (χ1v) is 17.5. The van der Waals surface area contributed by atoms with Gasteiger partial charge in [-0.3, -0.25) is 0 Å². The lowest BCUT2D eigenvalue weighted by Gasteiger charge is -2.40. The Hall–Kier alpha value is -5.13. The van der Waals surface area contributed by atoms with Crippen LogP contribution in [0.15, 0.2) is 142 Å². The molecule has 2 aliphatic heterocycles. The van der Waals surface area contributed by atoms with Crippen LogP contribution in [0.4, 0.5) is 17.1 Å². The van der Waals surface area contributed by atoms with E-state index in [0.717, 1.165) is 40.5 Å². The Labute approximate surface area is 277 Å². The molecule has 0 saturated heterocycles. The highest BCUT2D eigenvalue weighted by Gasteiger charge is 2.41. The molecule has 0 N–H and O–H groups in total. The standard InChI is InChI=1S/C42H29BN2OS/c1-6-17-32-27(12-1)28-13-2-7-18-33(28)44(32)26-24-36-42-40(25-26)47-39-23-10-5-16-31(39)43(42)30-15-4-8-19-34(30)45(36)35-20-11-22-38-41(35)29-14-3-9-21-37(29)46-38/h1,3-6,8-12,14-17,19-25H,2,7,13,18H2. The van der Waals surface area contributed by atoms with E-state index in [4.69, 9.17) is 4.42 Å². The molecule has 1 aliphatic carbocycles. The van der Waals surface area contributed by atoms with E-state index in [1.807, 2.05) is 11.8 Å². The number of aryl methyl sites for hydroxylation is 1. The molecule has 3 nitrogen and oxygen atoms in total. The monoisotopic (exact) mass is 620 g/mol. The predicted molar refractivity (Wildman–Crippen MR) is 197 cm³/mol. The zero-order valence-corrected chi connectivity index (χ0v) is 26.6. The summed E-state index contributed by atoms with van der Waals surface area (Å²) < 4.78 is 9.03. The Kier molecular flexibility index (Phi) is 5.36. The number of hydrogen-bond acceptors (Lipinski definition) is 3. The van der Waals surface area contributed by atoms with Gasteiger partial charge >= 0.3 is 0 Å². The second kappa shape index (κ2) is 9.70. The molecule has 47 heavy (non-hydrogen) atoms. The summed E-state index contributed by atoms with van der Waals surface area (Å²) in [4.78, 5) is 5.22. The molecule has 0 saturated carbocycles. The van der Waals surface area contributed by atoms with Gasteiger partial charge in [0.15, 0.2) is 0 Å². The summed E-state index contributed by atoms with van der Waals surface area (Å²) in [5.41, 5.74) is 15.2. The normalized spacial score (nSPS) is 14.7. The summed E-state index contributed by atoms with van der Waals surface area (Å²) in [6, 6.07) is 47.0. The van der Waals surface area contributed by atoms with Gasteiger partial charge in [0.1, 0.15) is 11.2 Å². The lowest BCUT2D eigenvalue weighted by molar-refractivity contribution is 0.666. The number of fused-ring (bicyclic) bond motifs is 10. The molecule has 0 unspecified atom stereocenters. The largest absolute Gasteiger partial charge is 0.456 e. The third-order valence-electron chi connectivity index (χ3n) is 10.6. The van der Waals surface area contributed by atoms with Crippen LogP contribution >= 0.6 is 11.8 Å². The highest BCUT2D eigenvalue weighted by molar-refractivity contribution is 8.00. The van der Waals surface area contributed by atoms with Gasteiger partial charge in [0.2, 0.25) is 6.71 Å². The van der Waals surface area contributed by atoms with Crippen molar-refractivity contribution in [2.75, 3.05) is 4.90 Å². The molecular formula is C42H29BN2OS. The molecule has 0 spiro atoms. The molecule has 0 amide bonds.